The highest BCUT2D eigenvalue weighted by molar-refractivity contribution is 5.98. The Balaban J connectivity index is 1.35. The maximum Gasteiger partial charge on any atom is 0.416 e. The SMILES string of the molecule is CCC(F)(F)c1cc(C(=O)C2CCC(N3CCN(C4CCCNCC4)CC3)CC(Cc3ccccc3)C2)cc(C(F)(F)F)c1. The van der Waals surface area contributed by atoms with E-state index in [0.29, 0.717) is 24.9 Å². The van der Waals surface area contributed by atoms with Gasteiger partial charge >= 0.3 is 6.18 Å². The lowest BCUT2D eigenvalue weighted by Crippen LogP contribution is -2.53. The number of nitrogens with zero attached hydrogens (tertiary/aromatic N) is 2. The quantitative estimate of drug-likeness (QED) is 0.188. The van der Waals surface area contributed by atoms with Crippen molar-refractivity contribution in [3.63, 3.8) is 0 Å². The van der Waals surface area contributed by atoms with Crippen LogP contribution in [0.15, 0.2) is 48.5 Å². The molecule has 0 aromatic heterocycles. The van der Waals surface area contributed by atoms with Crippen molar-refractivity contribution < 1.29 is 26.7 Å². The van der Waals surface area contributed by atoms with Crippen molar-refractivity contribution in [2.45, 2.75) is 88.9 Å². The second-order valence-corrected chi connectivity index (χ2v) is 13.1. The molecule has 2 heterocycles. The Morgan fingerprint density at radius 1 is 0.818 bits per heavy atom. The fraction of sp³-hybridized carbons (Fsp3) is 0.629. The van der Waals surface area contributed by atoms with Crippen LogP contribution in [0.4, 0.5) is 22.0 Å². The van der Waals surface area contributed by atoms with Crippen molar-refractivity contribution in [2.24, 2.45) is 11.8 Å². The largest absolute Gasteiger partial charge is 0.416 e. The molecule has 3 aliphatic rings. The maximum absolute atomic E-state index is 14.6. The number of ketones is 1. The van der Waals surface area contributed by atoms with Gasteiger partial charge in [0.15, 0.2) is 5.78 Å². The Labute approximate surface area is 258 Å². The molecule has 0 bridgehead atoms. The van der Waals surface area contributed by atoms with Crippen LogP contribution in [0.1, 0.15) is 85.3 Å². The molecule has 5 rings (SSSR count). The molecule has 9 heteroatoms. The molecule has 4 nitrogen and oxygen atoms in total. The third kappa shape index (κ3) is 8.26. The molecule has 0 radical (unpaired) electrons. The number of rotatable bonds is 8. The first kappa shape index (κ1) is 33.0. The molecule has 1 N–H and O–H groups in total. The summed E-state index contributed by atoms with van der Waals surface area (Å²) in [6, 6.07) is 13.3. The Morgan fingerprint density at radius 3 is 2.18 bits per heavy atom. The summed E-state index contributed by atoms with van der Waals surface area (Å²) in [4.78, 5) is 19.1. The van der Waals surface area contributed by atoms with Gasteiger partial charge in [-0.3, -0.25) is 14.6 Å². The first-order chi connectivity index (χ1) is 21.0. The Morgan fingerprint density at radius 2 is 1.50 bits per heavy atom. The average Bonchev–Trinajstić information content (AvgIpc) is 3.42. The van der Waals surface area contributed by atoms with Crippen LogP contribution in [-0.2, 0) is 18.5 Å². The van der Waals surface area contributed by atoms with Gasteiger partial charge in [0.05, 0.1) is 5.56 Å². The number of hydrogen-bond acceptors (Lipinski definition) is 4. The van der Waals surface area contributed by atoms with E-state index in [0.717, 1.165) is 70.7 Å². The maximum atomic E-state index is 14.6. The third-order valence-corrected chi connectivity index (χ3v) is 10.1. The number of carbonyl (C=O) groups excluding carboxylic acids is 1. The normalized spacial score (nSPS) is 26.6. The molecular formula is C35H46F5N3O. The highest BCUT2D eigenvalue weighted by Gasteiger charge is 2.39. The van der Waals surface area contributed by atoms with Gasteiger partial charge in [0, 0.05) is 61.7 Å². The summed E-state index contributed by atoms with van der Waals surface area (Å²) in [6.07, 6.45) is 1.67. The number of hydrogen-bond donors (Lipinski definition) is 1. The molecule has 2 aromatic rings. The summed E-state index contributed by atoms with van der Waals surface area (Å²) in [5, 5.41) is 3.50. The van der Waals surface area contributed by atoms with Gasteiger partial charge in [-0.25, -0.2) is 8.78 Å². The molecule has 0 spiro atoms. The van der Waals surface area contributed by atoms with Crippen LogP contribution in [0.5, 0.6) is 0 Å². The number of nitrogens with one attached hydrogen (secondary N) is 1. The molecule has 2 saturated heterocycles. The van der Waals surface area contributed by atoms with Crippen molar-refractivity contribution >= 4 is 5.78 Å². The lowest BCUT2D eigenvalue weighted by atomic mass is 9.83. The Kier molecular flexibility index (Phi) is 10.8. The zero-order valence-corrected chi connectivity index (χ0v) is 25.7. The molecule has 1 aliphatic carbocycles. The minimum atomic E-state index is -4.82. The fourth-order valence-corrected chi connectivity index (χ4v) is 7.61. The van der Waals surface area contributed by atoms with Crippen molar-refractivity contribution in [2.75, 3.05) is 39.3 Å². The summed E-state index contributed by atoms with van der Waals surface area (Å²) in [6.45, 7) is 7.35. The molecule has 242 valence electrons. The van der Waals surface area contributed by atoms with Crippen molar-refractivity contribution in [3.8, 4) is 0 Å². The van der Waals surface area contributed by atoms with Crippen LogP contribution in [0.3, 0.4) is 0 Å². The van der Waals surface area contributed by atoms with E-state index in [9.17, 15) is 26.7 Å². The minimum Gasteiger partial charge on any atom is -0.317 e. The van der Waals surface area contributed by atoms with E-state index in [-0.39, 0.29) is 17.5 Å². The number of halogens is 5. The monoisotopic (exact) mass is 619 g/mol. The zero-order valence-electron chi connectivity index (χ0n) is 25.7. The summed E-state index contributed by atoms with van der Waals surface area (Å²) in [5.41, 5.74) is -1.02. The fourth-order valence-electron chi connectivity index (χ4n) is 7.61. The lowest BCUT2D eigenvalue weighted by Gasteiger charge is -2.42. The first-order valence-electron chi connectivity index (χ1n) is 16.4. The van der Waals surface area contributed by atoms with E-state index < -0.39 is 41.3 Å². The molecule has 4 unspecified atom stereocenters. The van der Waals surface area contributed by atoms with Crippen molar-refractivity contribution in [1.29, 1.82) is 0 Å². The van der Waals surface area contributed by atoms with Gasteiger partial charge in [-0.2, -0.15) is 13.2 Å². The van der Waals surface area contributed by atoms with Crippen LogP contribution in [0, 0.1) is 11.8 Å². The number of carbonyl (C=O) groups is 1. The van der Waals surface area contributed by atoms with Gasteiger partial charge in [0.2, 0.25) is 0 Å². The van der Waals surface area contributed by atoms with E-state index >= 15 is 0 Å². The van der Waals surface area contributed by atoms with Crippen LogP contribution < -0.4 is 5.32 Å². The van der Waals surface area contributed by atoms with Crippen LogP contribution in [0.25, 0.3) is 0 Å². The average molecular weight is 620 g/mol. The number of Topliss-reactive ketones (excluding diaryl/α,β-unsaturated/α-hetero) is 1. The summed E-state index contributed by atoms with van der Waals surface area (Å²) >= 11 is 0. The van der Waals surface area contributed by atoms with E-state index in [4.69, 9.17) is 0 Å². The highest BCUT2D eigenvalue weighted by Crippen LogP contribution is 2.40. The van der Waals surface area contributed by atoms with Crippen molar-refractivity contribution in [3.05, 3.63) is 70.8 Å². The van der Waals surface area contributed by atoms with Gasteiger partial charge in [0.1, 0.15) is 0 Å². The standard InChI is InChI=1S/C35H46F5N3O/c1-2-34(36,37)29-22-28(23-30(24-29)35(38,39)40)33(44)27-10-11-32(21-26(20-27)19-25-7-4-3-5-8-25)43-17-15-42(16-18-43)31-9-6-13-41-14-12-31/h3-5,7-8,22-24,26-27,31-32,41H,2,6,9-21H2,1H3. The van der Waals surface area contributed by atoms with Crippen LogP contribution in [0.2, 0.25) is 0 Å². The molecule has 3 fully saturated rings. The number of alkyl halides is 5. The van der Waals surface area contributed by atoms with Crippen LogP contribution >= 0.6 is 0 Å². The molecule has 2 aromatic carbocycles. The molecule has 0 amide bonds. The Bertz CT molecular complexity index is 1220. The molecule has 44 heavy (non-hydrogen) atoms. The van der Waals surface area contributed by atoms with Crippen LogP contribution in [-0.4, -0.2) is 66.9 Å². The topological polar surface area (TPSA) is 35.6 Å². The second-order valence-electron chi connectivity index (χ2n) is 13.1. The molecule has 4 atom stereocenters. The van der Waals surface area contributed by atoms with Gasteiger partial charge in [-0.05, 0) is 94.1 Å². The lowest BCUT2D eigenvalue weighted by molar-refractivity contribution is -0.137. The summed E-state index contributed by atoms with van der Waals surface area (Å²) in [7, 11) is 0. The van der Waals surface area contributed by atoms with E-state index in [2.05, 4.69) is 27.2 Å². The van der Waals surface area contributed by atoms with E-state index in [1.807, 2.05) is 18.2 Å². The molecular weight excluding hydrogens is 573 g/mol. The number of piperazine rings is 1. The van der Waals surface area contributed by atoms with E-state index in [1.54, 1.807) is 0 Å². The van der Waals surface area contributed by atoms with Crippen molar-refractivity contribution in [1.82, 2.24) is 15.1 Å². The van der Waals surface area contributed by atoms with Gasteiger partial charge < -0.3 is 5.32 Å². The smallest absolute Gasteiger partial charge is 0.317 e. The van der Waals surface area contributed by atoms with E-state index in [1.165, 1.54) is 31.7 Å². The van der Waals surface area contributed by atoms with Gasteiger partial charge in [-0.15, -0.1) is 0 Å². The predicted molar refractivity (Wildman–Crippen MR) is 163 cm³/mol. The Hall–Kier alpha value is -2.36. The highest BCUT2D eigenvalue weighted by atomic mass is 19.4. The van der Waals surface area contributed by atoms with Gasteiger partial charge in [-0.1, -0.05) is 37.3 Å². The molecule has 2 aliphatic heterocycles. The minimum absolute atomic E-state index is 0.159. The second kappa shape index (κ2) is 14.4. The van der Waals surface area contributed by atoms with Gasteiger partial charge in [0.25, 0.3) is 5.92 Å². The predicted octanol–water partition coefficient (Wildman–Crippen LogP) is 7.57. The number of benzene rings is 2. The summed E-state index contributed by atoms with van der Waals surface area (Å²) < 4.78 is 70.6. The zero-order chi connectivity index (χ0) is 31.3. The first-order valence-corrected chi connectivity index (χ1v) is 16.4. The third-order valence-electron chi connectivity index (χ3n) is 10.1. The molecule has 1 saturated carbocycles. The summed E-state index contributed by atoms with van der Waals surface area (Å²) in [5.74, 6) is -4.25.